The summed E-state index contributed by atoms with van der Waals surface area (Å²) in [5.41, 5.74) is 1.49. The molecule has 2 rings (SSSR count). The Morgan fingerprint density at radius 2 is 1.36 bits per heavy atom. The molecule has 0 spiro atoms. The molecule has 0 saturated heterocycles. The van der Waals surface area contributed by atoms with Crippen molar-refractivity contribution in [3.63, 3.8) is 0 Å². The molecule has 0 radical (unpaired) electrons. The first-order valence-corrected chi connectivity index (χ1v) is 7.21. The number of halogens is 2. The Morgan fingerprint density at radius 1 is 0.920 bits per heavy atom. The third kappa shape index (κ3) is 5.56. The summed E-state index contributed by atoms with van der Waals surface area (Å²) in [4.78, 5) is 10.8. The molecule has 0 unspecified atom stereocenters. The van der Waals surface area contributed by atoms with E-state index in [2.05, 4.69) is 5.16 Å². The molecule has 7 heteroatoms. The van der Waals surface area contributed by atoms with Gasteiger partial charge in [0, 0.05) is 11.1 Å². The van der Waals surface area contributed by atoms with Crippen LogP contribution in [0.25, 0.3) is 0 Å². The first-order valence-electron chi connectivity index (χ1n) is 7.21. The number of ketones is 1. The number of oxime groups is 1. The molecule has 134 valence electrons. The maximum Gasteiger partial charge on any atom is 0.165 e. The second-order valence-corrected chi connectivity index (χ2v) is 4.94. The molecule has 1 N–H and O–H groups in total. The maximum absolute atomic E-state index is 12.9. The van der Waals surface area contributed by atoms with Crippen LogP contribution in [-0.2, 0) is 0 Å². The van der Waals surface area contributed by atoms with Crippen LogP contribution in [0, 0.1) is 11.6 Å². The zero-order valence-corrected chi connectivity index (χ0v) is 14.3. The van der Waals surface area contributed by atoms with Crippen LogP contribution in [0.15, 0.2) is 41.6 Å². The van der Waals surface area contributed by atoms with E-state index >= 15 is 0 Å². The van der Waals surface area contributed by atoms with Gasteiger partial charge in [-0.25, -0.2) is 8.78 Å². The van der Waals surface area contributed by atoms with E-state index in [-0.39, 0.29) is 17.3 Å². The molecule has 0 fully saturated rings. The van der Waals surface area contributed by atoms with Crippen LogP contribution in [0.1, 0.15) is 29.8 Å². The standard InChI is InChI=1S/C9H10FNO2.C9H9FO2/c1-6(11-12)7-3-4-8(10)9(5-7)13-2;1-6(11)7-3-4-8(10)9(5-7)12-2/h3-5,12H,1-2H3;3-5H,1-2H3/b11-6-;. The third-order valence-electron chi connectivity index (χ3n) is 3.28. The highest BCUT2D eigenvalue weighted by Crippen LogP contribution is 2.19. The number of benzene rings is 2. The molecule has 0 saturated carbocycles. The van der Waals surface area contributed by atoms with Crippen molar-refractivity contribution in [1.29, 1.82) is 0 Å². The van der Waals surface area contributed by atoms with Crippen LogP contribution in [-0.4, -0.2) is 30.9 Å². The summed E-state index contributed by atoms with van der Waals surface area (Å²) in [6.07, 6.45) is 0. The van der Waals surface area contributed by atoms with Gasteiger partial charge in [0.1, 0.15) is 0 Å². The molecular formula is C18H19F2NO4. The van der Waals surface area contributed by atoms with E-state index in [0.29, 0.717) is 16.8 Å². The van der Waals surface area contributed by atoms with Crippen LogP contribution in [0.4, 0.5) is 8.78 Å². The van der Waals surface area contributed by atoms with Crippen molar-refractivity contribution in [3.05, 3.63) is 59.2 Å². The van der Waals surface area contributed by atoms with Gasteiger partial charge >= 0.3 is 0 Å². The summed E-state index contributed by atoms with van der Waals surface area (Å²) >= 11 is 0. The van der Waals surface area contributed by atoms with E-state index in [1.54, 1.807) is 6.92 Å². The Morgan fingerprint density at radius 3 is 1.76 bits per heavy atom. The van der Waals surface area contributed by atoms with Gasteiger partial charge in [0.05, 0.1) is 19.9 Å². The lowest BCUT2D eigenvalue weighted by Gasteiger charge is -2.03. The minimum atomic E-state index is -0.456. The number of rotatable bonds is 4. The Kier molecular flexibility index (Phi) is 7.52. The molecular weight excluding hydrogens is 332 g/mol. The highest BCUT2D eigenvalue weighted by atomic mass is 19.1. The normalized spacial score (nSPS) is 10.6. The molecule has 0 amide bonds. The zero-order chi connectivity index (χ0) is 19.0. The molecule has 0 aliphatic carbocycles. The van der Waals surface area contributed by atoms with E-state index in [9.17, 15) is 13.6 Å². The van der Waals surface area contributed by atoms with Crippen LogP contribution in [0.3, 0.4) is 0 Å². The number of hydrogen-bond donors (Lipinski definition) is 1. The van der Waals surface area contributed by atoms with E-state index in [1.165, 1.54) is 57.5 Å². The van der Waals surface area contributed by atoms with Crippen molar-refractivity contribution in [2.24, 2.45) is 5.16 Å². The quantitative estimate of drug-likeness (QED) is 0.390. The minimum absolute atomic E-state index is 0.0997. The number of hydrogen-bond acceptors (Lipinski definition) is 5. The van der Waals surface area contributed by atoms with Gasteiger partial charge in [-0.05, 0) is 50.2 Å². The summed E-state index contributed by atoms with van der Waals surface area (Å²) in [5, 5.41) is 11.5. The maximum atomic E-state index is 12.9. The van der Waals surface area contributed by atoms with Crippen LogP contribution >= 0.6 is 0 Å². The van der Waals surface area contributed by atoms with Crippen molar-refractivity contribution < 1.29 is 28.3 Å². The molecule has 0 heterocycles. The van der Waals surface area contributed by atoms with E-state index in [4.69, 9.17) is 14.7 Å². The summed E-state index contributed by atoms with van der Waals surface area (Å²) in [6, 6.07) is 8.30. The van der Waals surface area contributed by atoms with Crippen LogP contribution < -0.4 is 9.47 Å². The monoisotopic (exact) mass is 351 g/mol. The topological polar surface area (TPSA) is 68.1 Å². The van der Waals surface area contributed by atoms with Crippen LogP contribution in [0.5, 0.6) is 11.5 Å². The van der Waals surface area contributed by atoms with Gasteiger partial charge < -0.3 is 14.7 Å². The SMILES string of the molecule is COc1cc(/C(C)=N\O)ccc1F.COc1cc(C(C)=O)ccc1F. The minimum Gasteiger partial charge on any atom is -0.494 e. The fourth-order valence-corrected chi connectivity index (χ4v) is 1.82. The van der Waals surface area contributed by atoms with Gasteiger partial charge in [-0.15, -0.1) is 0 Å². The molecule has 0 aliphatic rings. The second-order valence-electron chi connectivity index (χ2n) is 4.94. The molecule has 5 nitrogen and oxygen atoms in total. The van der Waals surface area contributed by atoms with E-state index < -0.39 is 11.6 Å². The highest BCUT2D eigenvalue weighted by Gasteiger charge is 2.06. The van der Waals surface area contributed by atoms with Crippen molar-refractivity contribution >= 4 is 11.5 Å². The van der Waals surface area contributed by atoms with Crippen LogP contribution in [0.2, 0.25) is 0 Å². The zero-order valence-electron chi connectivity index (χ0n) is 14.3. The largest absolute Gasteiger partial charge is 0.494 e. The van der Waals surface area contributed by atoms with Crippen molar-refractivity contribution in [1.82, 2.24) is 0 Å². The lowest BCUT2D eigenvalue weighted by molar-refractivity contribution is 0.101. The summed E-state index contributed by atoms with van der Waals surface area (Å²) in [5.74, 6) is -0.754. The Labute approximate surface area is 144 Å². The number of Topliss-reactive ketones (excluding diaryl/α,β-unsaturated/α-hetero) is 1. The van der Waals surface area contributed by atoms with Gasteiger partial charge in [-0.1, -0.05) is 5.16 Å². The van der Waals surface area contributed by atoms with E-state index in [0.717, 1.165) is 0 Å². The highest BCUT2D eigenvalue weighted by molar-refractivity contribution is 5.98. The lowest BCUT2D eigenvalue weighted by Crippen LogP contribution is -1.96. The number of nitrogens with zero attached hydrogens (tertiary/aromatic N) is 1. The average molecular weight is 351 g/mol. The molecule has 0 aromatic heterocycles. The molecule has 2 aromatic rings. The average Bonchev–Trinajstić information content (AvgIpc) is 2.62. The summed E-state index contributed by atoms with van der Waals surface area (Å²) in [6.45, 7) is 3.04. The van der Waals surface area contributed by atoms with Gasteiger partial charge in [-0.3, -0.25) is 4.79 Å². The first kappa shape index (κ1) is 20.1. The smallest absolute Gasteiger partial charge is 0.165 e. The Balaban J connectivity index is 0.000000251. The number of carbonyl (C=O) groups excluding carboxylic acids is 1. The van der Waals surface area contributed by atoms with Crippen molar-refractivity contribution in [2.45, 2.75) is 13.8 Å². The van der Waals surface area contributed by atoms with Gasteiger partial charge in [0.15, 0.2) is 28.9 Å². The fraction of sp³-hybridized carbons (Fsp3) is 0.222. The summed E-state index contributed by atoms with van der Waals surface area (Å²) < 4.78 is 35.2. The number of methoxy groups -OCH3 is 2. The molecule has 0 atom stereocenters. The van der Waals surface area contributed by atoms with Gasteiger partial charge in [-0.2, -0.15) is 0 Å². The predicted octanol–water partition coefficient (Wildman–Crippen LogP) is 4.07. The molecule has 0 bridgehead atoms. The molecule has 0 aliphatic heterocycles. The lowest BCUT2D eigenvalue weighted by atomic mass is 10.1. The van der Waals surface area contributed by atoms with Crippen molar-refractivity contribution in [3.8, 4) is 11.5 Å². The predicted molar refractivity (Wildman–Crippen MR) is 89.9 cm³/mol. The van der Waals surface area contributed by atoms with Gasteiger partial charge in [0.2, 0.25) is 0 Å². The summed E-state index contributed by atoms with van der Waals surface area (Å²) in [7, 11) is 2.75. The molecule has 25 heavy (non-hydrogen) atoms. The number of carbonyl (C=O) groups is 1. The van der Waals surface area contributed by atoms with E-state index in [1.807, 2.05) is 0 Å². The Bertz CT molecular complexity index is 776. The van der Waals surface area contributed by atoms with Gasteiger partial charge in [0.25, 0.3) is 0 Å². The molecule has 2 aromatic carbocycles. The fourth-order valence-electron chi connectivity index (χ4n) is 1.82. The second kappa shape index (κ2) is 9.36. The Hall–Kier alpha value is -2.96. The third-order valence-corrected chi connectivity index (χ3v) is 3.28. The number of ether oxygens (including phenoxy) is 2. The first-order chi connectivity index (χ1) is 11.8. The van der Waals surface area contributed by atoms with Crippen molar-refractivity contribution in [2.75, 3.05) is 14.2 Å².